The molecule has 112 valence electrons. The Hall–Kier alpha value is -1.97. The number of nitrogens with zero attached hydrogens (tertiary/aromatic N) is 2. The molecule has 0 fully saturated rings. The number of fused-ring (bicyclic) bond motifs is 1. The van der Waals surface area contributed by atoms with Gasteiger partial charge in [0.25, 0.3) is 0 Å². The Balaban J connectivity index is 2.34. The van der Waals surface area contributed by atoms with Gasteiger partial charge in [0.05, 0.1) is 13.3 Å². The molecule has 1 heterocycles. The van der Waals surface area contributed by atoms with Gasteiger partial charge in [0.2, 0.25) is 0 Å². The summed E-state index contributed by atoms with van der Waals surface area (Å²) in [6.07, 6.45) is 6.68. The lowest BCUT2D eigenvalue weighted by Gasteiger charge is -2.25. The number of methoxy groups -OCH3 is 1. The standard InChI is InChI=1S/C17H23N3O/c1-10-12-7-5-6-8-13(12)11(2)16(21-4)15(10)14-9-19-20(3)17(14)18/h9H,5-8,18H2,1-4H3. The van der Waals surface area contributed by atoms with Crippen molar-refractivity contribution in [3.05, 3.63) is 28.5 Å². The van der Waals surface area contributed by atoms with Crippen LogP contribution in [0, 0.1) is 13.8 Å². The van der Waals surface area contributed by atoms with E-state index in [4.69, 9.17) is 10.5 Å². The molecule has 3 rings (SSSR count). The molecule has 1 aliphatic carbocycles. The fourth-order valence-corrected chi connectivity index (χ4v) is 3.60. The molecule has 2 N–H and O–H groups in total. The summed E-state index contributed by atoms with van der Waals surface area (Å²) in [5.41, 5.74) is 13.8. The van der Waals surface area contributed by atoms with E-state index in [-0.39, 0.29) is 0 Å². The van der Waals surface area contributed by atoms with Crippen LogP contribution >= 0.6 is 0 Å². The first kappa shape index (κ1) is 14.0. The first-order valence-electron chi connectivity index (χ1n) is 7.53. The number of aryl methyl sites for hydroxylation is 1. The lowest BCUT2D eigenvalue weighted by Crippen LogP contribution is -2.10. The van der Waals surface area contributed by atoms with Crippen molar-refractivity contribution in [2.24, 2.45) is 7.05 Å². The predicted molar refractivity (Wildman–Crippen MR) is 85.7 cm³/mol. The zero-order valence-corrected chi connectivity index (χ0v) is 13.3. The van der Waals surface area contributed by atoms with Crippen molar-refractivity contribution in [1.82, 2.24) is 9.78 Å². The summed E-state index contributed by atoms with van der Waals surface area (Å²) in [6.45, 7) is 4.35. The van der Waals surface area contributed by atoms with Gasteiger partial charge in [0.15, 0.2) is 0 Å². The second kappa shape index (κ2) is 5.10. The van der Waals surface area contributed by atoms with Crippen molar-refractivity contribution in [1.29, 1.82) is 0 Å². The van der Waals surface area contributed by atoms with Crippen LogP contribution in [0.2, 0.25) is 0 Å². The van der Waals surface area contributed by atoms with Crippen molar-refractivity contribution in [2.75, 3.05) is 12.8 Å². The average molecular weight is 285 g/mol. The summed E-state index contributed by atoms with van der Waals surface area (Å²) in [4.78, 5) is 0. The molecule has 0 amide bonds. The van der Waals surface area contributed by atoms with Gasteiger partial charge in [-0.1, -0.05) is 0 Å². The maximum atomic E-state index is 6.20. The van der Waals surface area contributed by atoms with Crippen LogP contribution in [0.3, 0.4) is 0 Å². The topological polar surface area (TPSA) is 53.1 Å². The molecule has 0 atom stereocenters. The third-order valence-electron chi connectivity index (χ3n) is 4.77. The number of hydrogen-bond donors (Lipinski definition) is 1. The molecular formula is C17H23N3O. The quantitative estimate of drug-likeness (QED) is 0.922. The highest BCUT2D eigenvalue weighted by Crippen LogP contribution is 2.44. The van der Waals surface area contributed by atoms with Crippen molar-refractivity contribution in [2.45, 2.75) is 39.5 Å². The van der Waals surface area contributed by atoms with Crippen LogP contribution in [-0.2, 0) is 19.9 Å². The fourth-order valence-electron chi connectivity index (χ4n) is 3.60. The minimum absolute atomic E-state index is 0.687. The van der Waals surface area contributed by atoms with Gasteiger partial charge in [0.1, 0.15) is 11.6 Å². The van der Waals surface area contributed by atoms with Gasteiger partial charge < -0.3 is 10.5 Å². The summed E-state index contributed by atoms with van der Waals surface area (Å²) in [7, 11) is 3.61. The van der Waals surface area contributed by atoms with Gasteiger partial charge in [-0.2, -0.15) is 5.10 Å². The van der Waals surface area contributed by atoms with E-state index in [1.54, 1.807) is 11.8 Å². The summed E-state index contributed by atoms with van der Waals surface area (Å²) in [5, 5.41) is 4.29. The monoisotopic (exact) mass is 285 g/mol. The highest BCUT2D eigenvalue weighted by atomic mass is 16.5. The highest BCUT2D eigenvalue weighted by Gasteiger charge is 2.24. The molecule has 0 unspecified atom stereocenters. The van der Waals surface area contributed by atoms with E-state index in [2.05, 4.69) is 18.9 Å². The number of ether oxygens (including phenoxy) is 1. The summed E-state index contributed by atoms with van der Waals surface area (Å²) >= 11 is 0. The summed E-state index contributed by atoms with van der Waals surface area (Å²) < 4.78 is 7.46. The molecule has 0 aliphatic heterocycles. The lowest BCUT2D eigenvalue weighted by atomic mass is 9.81. The first-order valence-corrected chi connectivity index (χ1v) is 7.53. The number of nitrogens with two attached hydrogens (primary N) is 1. The van der Waals surface area contributed by atoms with Crippen LogP contribution in [0.1, 0.15) is 35.1 Å². The number of anilines is 1. The van der Waals surface area contributed by atoms with Crippen molar-refractivity contribution < 1.29 is 4.74 Å². The molecule has 0 radical (unpaired) electrons. The van der Waals surface area contributed by atoms with Crippen LogP contribution in [0.15, 0.2) is 6.20 Å². The molecule has 1 aliphatic rings. The van der Waals surface area contributed by atoms with Gasteiger partial charge in [-0.3, -0.25) is 4.68 Å². The minimum atomic E-state index is 0.687. The van der Waals surface area contributed by atoms with E-state index in [1.807, 2.05) is 13.2 Å². The Kier molecular flexibility index (Phi) is 3.40. The maximum absolute atomic E-state index is 6.20. The third-order valence-corrected chi connectivity index (χ3v) is 4.77. The number of benzene rings is 1. The average Bonchev–Trinajstić information content (AvgIpc) is 2.82. The second-order valence-electron chi connectivity index (χ2n) is 5.89. The van der Waals surface area contributed by atoms with Crippen molar-refractivity contribution in [3.63, 3.8) is 0 Å². The number of hydrogen-bond acceptors (Lipinski definition) is 3. The molecule has 0 spiro atoms. The van der Waals surface area contributed by atoms with Crippen LogP contribution in [0.25, 0.3) is 11.1 Å². The minimum Gasteiger partial charge on any atom is -0.496 e. The van der Waals surface area contributed by atoms with Crippen LogP contribution < -0.4 is 10.5 Å². The van der Waals surface area contributed by atoms with E-state index in [9.17, 15) is 0 Å². The Labute approximate surface area is 125 Å². The number of aromatic nitrogens is 2. The molecular weight excluding hydrogens is 262 g/mol. The van der Waals surface area contributed by atoms with Gasteiger partial charge >= 0.3 is 0 Å². The molecule has 2 aromatic rings. The van der Waals surface area contributed by atoms with E-state index in [1.165, 1.54) is 35.1 Å². The first-order chi connectivity index (χ1) is 10.1. The molecule has 0 saturated carbocycles. The van der Waals surface area contributed by atoms with Crippen LogP contribution in [-0.4, -0.2) is 16.9 Å². The molecule has 1 aromatic carbocycles. The Morgan fingerprint density at radius 1 is 1.14 bits per heavy atom. The molecule has 0 bridgehead atoms. The van der Waals surface area contributed by atoms with E-state index in [0.717, 1.165) is 29.7 Å². The van der Waals surface area contributed by atoms with Gasteiger partial charge in [-0.15, -0.1) is 0 Å². The Morgan fingerprint density at radius 3 is 2.29 bits per heavy atom. The third kappa shape index (κ3) is 2.01. The largest absolute Gasteiger partial charge is 0.496 e. The maximum Gasteiger partial charge on any atom is 0.130 e. The SMILES string of the molecule is COc1c(C)c2c(c(C)c1-c1cnn(C)c1N)CCCC2. The van der Waals surface area contributed by atoms with Crippen LogP contribution in [0.4, 0.5) is 5.82 Å². The number of nitrogen functional groups attached to an aromatic ring is 1. The normalized spacial score (nSPS) is 14.1. The molecule has 1 aromatic heterocycles. The predicted octanol–water partition coefficient (Wildman–Crippen LogP) is 3.17. The molecule has 4 heteroatoms. The molecule has 4 nitrogen and oxygen atoms in total. The van der Waals surface area contributed by atoms with Crippen molar-refractivity contribution >= 4 is 5.82 Å². The zero-order valence-electron chi connectivity index (χ0n) is 13.3. The smallest absolute Gasteiger partial charge is 0.130 e. The lowest BCUT2D eigenvalue weighted by molar-refractivity contribution is 0.411. The summed E-state index contributed by atoms with van der Waals surface area (Å²) in [6, 6.07) is 0. The van der Waals surface area contributed by atoms with Crippen molar-refractivity contribution in [3.8, 4) is 16.9 Å². The summed E-state index contributed by atoms with van der Waals surface area (Å²) in [5.74, 6) is 1.64. The fraction of sp³-hybridized carbons (Fsp3) is 0.471. The Bertz CT molecular complexity index is 701. The number of rotatable bonds is 2. The zero-order chi connectivity index (χ0) is 15.1. The van der Waals surface area contributed by atoms with Gasteiger partial charge in [-0.25, -0.2) is 0 Å². The van der Waals surface area contributed by atoms with Crippen LogP contribution in [0.5, 0.6) is 5.75 Å². The second-order valence-corrected chi connectivity index (χ2v) is 5.89. The Morgan fingerprint density at radius 2 is 1.76 bits per heavy atom. The van der Waals surface area contributed by atoms with E-state index >= 15 is 0 Å². The van der Waals surface area contributed by atoms with E-state index in [0.29, 0.717) is 5.82 Å². The highest BCUT2D eigenvalue weighted by molar-refractivity contribution is 5.83. The molecule has 0 saturated heterocycles. The van der Waals surface area contributed by atoms with E-state index < -0.39 is 0 Å². The van der Waals surface area contributed by atoms with Gasteiger partial charge in [0, 0.05) is 18.2 Å². The molecule has 21 heavy (non-hydrogen) atoms. The van der Waals surface area contributed by atoms with Gasteiger partial charge in [-0.05, 0) is 61.8 Å².